The molecule has 3 heteroatoms. The highest BCUT2D eigenvalue weighted by Crippen LogP contribution is 2.12. The first-order chi connectivity index (χ1) is 7.74. The zero-order valence-corrected chi connectivity index (χ0v) is 9.80. The van der Waals surface area contributed by atoms with Gasteiger partial charge >= 0.3 is 0 Å². The predicted molar refractivity (Wildman–Crippen MR) is 70.2 cm³/mol. The van der Waals surface area contributed by atoms with E-state index in [9.17, 15) is 0 Å². The Balaban J connectivity index is 2.55. The first kappa shape index (κ1) is 12.5. The van der Waals surface area contributed by atoms with E-state index in [1.165, 1.54) is 5.69 Å². The molecule has 0 aliphatic rings. The molecule has 16 heavy (non-hydrogen) atoms. The van der Waals surface area contributed by atoms with Gasteiger partial charge < -0.3 is 10.0 Å². The second kappa shape index (κ2) is 6.80. The van der Waals surface area contributed by atoms with Crippen LogP contribution in [-0.4, -0.2) is 38.6 Å². The molecule has 0 aliphatic carbocycles. The molecule has 0 amide bonds. The summed E-state index contributed by atoms with van der Waals surface area (Å²) in [7, 11) is 4.04. The second-order valence-electron chi connectivity index (χ2n) is 3.62. The van der Waals surface area contributed by atoms with Crippen molar-refractivity contribution in [2.75, 3.05) is 32.1 Å². The summed E-state index contributed by atoms with van der Waals surface area (Å²) in [5.74, 6) is 0. The molecule has 0 saturated heterocycles. The molecule has 1 aromatic rings. The second-order valence-corrected chi connectivity index (χ2v) is 3.62. The summed E-state index contributed by atoms with van der Waals surface area (Å²) in [5.41, 5.74) is 2.33. The molecule has 0 aliphatic heterocycles. The minimum absolute atomic E-state index is 0.0991. The zero-order valence-electron chi connectivity index (χ0n) is 9.80. The van der Waals surface area contributed by atoms with Gasteiger partial charge in [-0.2, -0.15) is 0 Å². The lowest BCUT2D eigenvalue weighted by atomic mass is 10.2. The van der Waals surface area contributed by atoms with E-state index in [-0.39, 0.29) is 6.61 Å². The highest BCUT2D eigenvalue weighted by atomic mass is 16.3. The average Bonchev–Trinajstić information content (AvgIpc) is 2.29. The van der Waals surface area contributed by atoms with Gasteiger partial charge in [0.15, 0.2) is 0 Å². The number of allylic oxidation sites excluding steroid dienone is 1. The Morgan fingerprint density at radius 2 is 1.94 bits per heavy atom. The van der Waals surface area contributed by atoms with Crippen LogP contribution >= 0.6 is 0 Å². The van der Waals surface area contributed by atoms with Gasteiger partial charge in [-0.05, 0) is 23.8 Å². The molecule has 0 unspecified atom stereocenters. The smallest absolute Gasteiger partial charge is 0.0626 e. The van der Waals surface area contributed by atoms with Crippen molar-refractivity contribution in [3.8, 4) is 0 Å². The van der Waals surface area contributed by atoms with Crippen molar-refractivity contribution in [2.24, 2.45) is 4.99 Å². The number of hydrogen-bond donors (Lipinski definition) is 1. The van der Waals surface area contributed by atoms with E-state index in [1.807, 2.05) is 26.2 Å². The Hall–Kier alpha value is -1.61. The minimum atomic E-state index is 0.0991. The summed E-state index contributed by atoms with van der Waals surface area (Å²) in [5, 5.41) is 8.52. The molecule has 0 radical (unpaired) electrons. The van der Waals surface area contributed by atoms with Crippen molar-refractivity contribution >= 4 is 18.0 Å². The van der Waals surface area contributed by atoms with Crippen LogP contribution in [0.2, 0.25) is 0 Å². The first-order valence-corrected chi connectivity index (χ1v) is 5.29. The van der Waals surface area contributed by atoms with Gasteiger partial charge in [-0.15, -0.1) is 0 Å². The molecule has 0 aromatic heterocycles. The molecule has 1 N–H and O–H groups in total. The quantitative estimate of drug-likeness (QED) is 0.765. The van der Waals surface area contributed by atoms with Crippen LogP contribution in [0.3, 0.4) is 0 Å². The number of anilines is 1. The summed E-state index contributed by atoms with van der Waals surface area (Å²) in [4.78, 5) is 6.05. The van der Waals surface area contributed by atoms with Crippen molar-refractivity contribution in [2.45, 2.75) is 0 Å². The standard InChI is InChI=1S/C13H18N2O/c1-15(2)13-7-5-12(6-8-13)4-3-9-14-10-11-16/h3-9,16H,10-11H2,1-2H3/b4-3+,14-9?. The monoisotopic (exact) mass is 218 g/mol. The van der Waals surface area contributed by atoms with E-state index in [1.54, 1.807) is 6.21 Å². The van der Waals surface area contributed by atoms with Crippen LogP contribution in [0.1, 0.15) is 5.56 Å². The third-order valence-electron chi connectivity index (χ3n) is 2.12. The van der Waals surface area contributed by atoms with Gasteiger partial charge in [0.05, 0.1) is 13.2 Å². The number of nitrogens with zero attached hydrogens (tertiary/aromatic N) is 2. The number of aliphatic hydroxyl groups excluding tert-OH is 1. The minimum Gasteiger partial charge on any atom is -0.394 e. The molecule has 86 valence electrons. The van der Waals surface area contributed by atoms with Gasteiger partial charge in [0, 0.05) is 26.0 Å². The molecule has 3 nitrogen and oxygen atoms in total. The molecular formula is C13H18N2O. The van der Waals surface area contributed by atoms with Crippen LogP contribution < -0.4 is 4.90 Å². The molecule has 0 saturated carbocycles. The maximum Gasteiger partial charge on any atom is 0.0626 e. The predicted octanol–water partition coefficient (Wildman–Crippen LogP) is 1.83. The lowest BCUT2D eigenvalue weighted by Crippen LogP contribution is -2.07. The average molecular weight is 218 g/mol. The van der Waals surface area contributed by atoms with Crippen LogP contribution in [0.15, 0.2) is 35.3 Å². The Kier molecular flexibility index (Phi) is 5.29. The number of aliphatic hydroxyl groups is 1. The van der Waals surface area contributed by atoms with Crippen LogP contribution in [-0.2, 0) is 0 Å². The fourth-order valence-corrected chi connectivity index (χ4v) is 1.23. The number of rotatable bonds is 5. The van der Waals surface area contributed by atoms with Gasteiger partial charge in [0.1, 0.15) is 0 Å². The molecule has 1 rings (SSSR count). The highest BCUT2D eigenvalue weighted by Gasteiger charge is 1.92. The van der Waals surface area contributed by atoms with Crippen molar-refractivity contribution in [3.63, 3.8) is 0 Å². The molecule has 1 aromatic carbocycles. The van der Waals surface area contributed by atoms with E-state index in [4.69, 9.17) is 5.11 Å². The maximum atomic E-state index is 8.52. The molecule has 0 fully saturated rings. The first-order valence-electron chi connectivity index (χ1n) is 5.29. The number of hydrogen-bond acceptors (Lipinski definition) is 3. The van der Waals surface area contributed by atoms with Crippen molar-refractivity contribution in [1.82, 2.24) is 0 Å². The van der Waals surface area contributed by atoms with Crippen molar-refractivity contribution < 1.29 is 5.11 Å². The summed E-state index contributed by atoms with van der Waals surface area (Å²) in [6, 6.07) is 8.27. The highest BCUT2D eigenvalue weighted by molar-refractivity contribution is 5.78. The topological polar surface area (TPSA) is 35.8 Å². The molecule has 0 bridgehead atoms. The van der Waals surface area contributed by atoms with E-state index in [0.29, 0.717) is 6.54 Å². The summed E-state index contributed by atoms with van der Waals surface area (Å²) in [6.07, 6.45) is 5.57. The molecule has 0 atom stereocenters. The van der Waals surface area contributed by atoms with Gasteiger partial charge in [0.25, 0.3) is 0 Å². The lowest BCUT2D eigenvalue weighted by molar-refractivity contribution is 0.307. The van der Waals surface area contributed by atoms with E-state index in [0.717, 1.165) is 5.56 Å². The zero-order chi connectivity index (χ0) is 11.8. The fraction of sp³-hybridized carbons (Fsp3) is 0.308. The fourth-order valence-electron chi connectivity index (χ4n) is 1.23. The van der Waals surface area contributed by atoms with Crippen molar-refractivity contribution in [3.05, 3.63) is 35.9 Å². The van der Waals surface area contributed by atoms with E-state index < -0.39 is 0 Å². The molecular weight excluding hydrogens is 200 g/mol. The van der Waals surface area contributed by atoms with Gasteiger partial charge in [0.2, 0.25) is 0 Å². The van der Waals surface area contributed by atoms with E-state index in [2.05, 4.69) is 34.2 Å². The Bertz CT molecular complexity index is 353. The summed E-state index contributed by atoms with van der Waals surface area (Å²) >= 11 is 0. The van der Waals surface area contributed by atoms with Gasteiger partial charge in [-0.25, -0.2) is 0 Å². The third kappa shape index (κ3) is 4.28. The SMILES string of the molecule is CN(C)c1ccc(/C=C/C=NCCO)cc1. The van der Waals surface area contributed by atoms with Gasteiger partial charge in [-0.3, -0.25) is 4.99 Å². The maximum absolute atomic E-state index is 8.52. The van der Waals surface area contributed by atoms with Crippen LogP contribution in [0.25, 0.3) is 6.08 Å². The third-order valence-corrected chi connectivity index (χ3v) is 2.12. The van der Waals surface area contributed by atoms with Gasteiger partial charge in [-0.1, -0.05) is 18.2 Å². The lowest BCUT2D eigenvalue weighted by Gasteiger charge is -2.11. The largest absolute Gasteiger partial charge is 0.394 e. The van der Waals surface area contributed by atoms with Crippen LogP contribution in [0, 0.1) is 0 Å². The van der Waals surface area contributed by atoms with E-state index >= 15 is 0 Å². The Morgan fingerprint density at radius 1 is 1.25 bits per heavy atom. The molecule has 0 spiro atoms. The molecule has 0 heterocycles. The summed E-state index contributed by atoms with van der Waals surface area (Å²) < 4.78 is 0. The van der Waals surface area contributed by atoms with Crippen molar-refractivity contribution in [1.29, 1.82) is 0 Å². The Labute approximate surface area is 96.7 Å². The Morgan fingerprint density at radius 3 is 2.50 bits per heavy atom. The van der Waals surface area contributed by atoms with Crippen LogP contribution in [0.4, 0.5) is 5.69 Å². The number of aliphatic imine (C=N–C) groups is 1. The van der Waals surface area contributed by atoms with Crippen LogP contribution in [0.5, 0.6) is 0 Å². The number of benzene rings is 1. The normalized spacial score (nSPS) is 11.4. The summed E-state index contributed by atoms with van der Waals surface area (Å²) in [6.45, 7) is 0.561.